The third-order valence-corrected chi connectivity index (χ3v) is 2.49. The van der Waals surface area contributed by atoms with Gasteiger partial charge in [0.25, 0.3) is 0 Å². The largest absolute Gasteiger partial charge is 0.496 e. The average Bonchev–Trinajstić information content (AvgIpc) is 2.25. The van der Waals surface area contributed by atoms with E-state index in [0.717, 1.165) is 12.1 Å². The number of benzene rings is 1. The van der Waals surface area contributed by atoms with Gasteiger partial charge in [0, 0.05) is 11.1 Å². The van der Waals surface area contributed by atoms with Crippen molar-refractivity contribution < 1.29 is 22.7 Å². The van der Waals surface area contributed by atoms with Gasteiger partial charge < -0.3 is 4.74 Å². The van der Waals surface area contributed by atoms with E-state index >= 15 is 0 Å². The molecule has 0 aliphatic heterocycles. The molecule has 1 aromatic rings. The van der Waals surface area contributed by atoms with Gasteiger partial charge in [-0.2, -0.15) is 13.2 Å². The average molecular weight is 246 g/mol. The lowest BCUT2D eigenvalue weighted by molar-refractivity contribution is -0.137. The minimum absolute atomic E-state index is 0.0687. The molecule has 0 unspecified atom stereocenters. The summed E-state index contributed by atoms with van der Waals surface area (Å²) in [5.74, 6) is -0.293. The van der Waals surface area contributed by atoms with Crippen LogP contribution in [0.15, 0.2) is 12.1 Å². The molecule has 0 saturated heterocycles. The van der Waals surface area contributed by atoms with Crippen LogP contribution in [0.3, 0.4) is 0 Å². The maximum absolute atomic E-state index is 12.6. The normalized spacial score (nSPS) is 11.4. The van der Waals surface area contributed by atoms with Crippen molar-refractivity contribution in [3.8, 4) is 5.75 Å². The predicted molar refractivity (Wildman–Crippen MR) is 57.4 cm³/mol. The summed E-state index contributed by atoms with van der Waals surface area (Å²) in [6.45, 7) is 3.01. The van der Waals surface area contributed by atoms with E-state index < -0.39 is 17.5 Å². The van der Waals surface area contributed by atoms with Gasteiger partial charge in [-0.1, -0.05) is 6.92 Å². The number of methoxy groups -OCH3 is 1. The number of alkyl halides is 3. The summed E-state index contributed by atoms with van der Waals surface area (Å²) >= 11 is 0. The molecule has 0 radical (unpaired) electrons. The van der Waals surface area contributed by atoms with Gasteiger partial charge in [0.05, 0.1) is 12.7 Å². The molecule has 0 saturated carbocycles. The second kappa shape index (κ2) is 4.77. The molecule has 0 N–H and O–H groups in total. The SMILES string of the molecule is CCc1c(OC)cc(C(F)(F)F)cc1C(C)=O. The van der Waals surface area contributed by atoms with Gasteiger partial charge in [-0.3, -0.25) is 4.79 Å². The van der Waals surface area contributed by atoms with Crippen molar-refractivity contribution in [1.29, 1.82) is 0 Å². The highest BCUT2D eigenvalue weighted by Crippen LogP contribution is 2.35. The second-order valence-electron chi connectivity index (χ2n) is 3.61. The van der Waals surface area contributed by atoms with Gasteiger partial charge in [0.15, 0.2) is 5.78 Å². The molecule has 1 rings (SSSR count). The highest BCUT2D eigenvalue weighted by molar-refractivity contribution is 5.96. The highest BCUT2D eigenvalue weighted by Gasteiger charge is 2.32. The van der Waals surface area contributed by atoms with Crippen molar-refractivity contribution in [3.05, 3.63) is 28.8 Å². The van der Waals surface area contributed by atoms with Crippen LogP contribution in [0, 0.1) is 0 Å². The molecule has 0 aromatic heterocycles. The number of hydrogen-bond donors (Lipinski definition) is 0. The first-order chi connectivity index (χ1) is 7.81. The van der Waals surface area contributed by atoms with E-state index in [2.05, 4.69) is 0 Å². The van der Waals surface area contributed by atoms with Crippen molar-refractivity contribution in [1.82, 2.24) is 0 Å². The third-order valence-electron chi connectivity index (χ3n) is 2.49. The van der Waals surface area contributed by atoms with Gasteiger partial charge in [-0.05, 0) is 25.5 Å². The zero-order valence-corrected chi connectivity index (χ0v) is 9.81. The number of Topliss-reactive ketones (excluding diaryl/α,β-unsaturated/α-hetero) is 1. The Hall–Kier alpha value is -1.52. The van der Waals surface area contributed by atoms with E-state index in [1.165, 1.54) is 14.0 Å². The van der Waals surface area contributed by atoms with Crippen molar-refractivity contribution in [2.45, 2.75) is 26.4 Å². The number of rotatable bonds is 3. The quantitative estimate of drug-likeness (QED) is 0.763. The zero-order valence-electron chi connectivity index (χ0n) is 9.81. The summed E-state index contributed by atoms with van der Waals surface area (Å²) in [4.78, 5) is 11.3. The van der Waals surface area contributed by atoms with Crippen LogP contribution in [0.1, 0.15) is 35.3 Å². The van der Waals surface area contributed by atoms with E-state index in [9.17, 15) is 18.0 Å². The Morgan fingerprint density at radius 1 is 1.35 bits per heavy atom. The fourth-order valence-electron chi connectivity index (χ4n) is 1.67. The van der Waals surface area contributed by atoms with Crippen molar-refractivity contribution in [2.75, 3.05) is 7.11 Å². The molecule has 0 fully saturated rings. The Labute approximate surface area is 97.4 Å². The summed E-state index contributed by atoms with van der Waals surface area (Å²) < 4.78 is 42.8. The van der Waals surface area contributed by atoms with E-state index in [1.54, 1.807) is 6.92 Å². The van der Waals surface area contributed by atoms with Crippen LogP contribution in [0.4, 0.5) is 13.2 Å². The van der Waals surface area contributed by atoms with Crippen molar-refractivity contribution in [2.24, 2.45) is 0 Å². The van der Waals surface area contributed by atoms with E-state index in [4.69, 9.17) is 4.74 Å². The molecular formula is C12H13F3O2. The molecule has 2 nitrogen and oxygen atoms in total. The Bertz CT molecular complexity index is 436. The fourth-order valence-corrected chi connectivity index (χ4v) is 1.67. The monoisotopic (exact) mass is 246 g/mol. The Kier molecular flexibility index (Phi) is 3.80. The Morgan fingerprint density at radius 2 is 1.94 bits per heavy atom. The smallest absolute Gasteiger partial charge is 0.416 e. The van der Waals surface area contributed by atoms with Gasteiger partial charge in [-0.15, -0.1) is 0 Å². The van der Waals surface area contributed by atoms with Crippen LogP contribution in [0.2, 0.25) is 0 Å². The molecule has 0 heterocycles. The van der Waals surface area contributed by atoms with E-state index in [-0.39, 0.29) is 11.3 Å². The van der Waals surface area contributed by atoms with Crippen LogP contribution in [-0.4, -0.2) is 12.9 Å². The van der Waals surface area contributed by atoms with Gasteiger partial charge >= 0.3 is 6.18 Å². The maximum atomic E-state index is 12.6. The van der Waals surface area contributed by atoms with Crippen LogP contribution in [-0.2, 0) is 12.6 Å². The van der Waals surface area contributed by atoms with E-state index in [0.29, 0.717) is 12.0 Å². The van der Waals surface area contributed by atoms with Crippen LogP contribution >= 0.6 is 0 Å². The first kappa shape index (κ1) is 13.5. The maximum Gasteiger partial charge on any atom is 0.416 e. The summed E-state index contributed by atoms with van der Waals surface area (Å²) in [7, 11) is 1.29. The first-order valence-corrected chi connectivity index (χ1v) is 5.10. The predicted octanol–water partition coefficient (Wildman–Crippen LogP) is 3.48. The molecule has 0 spiro atoms. The van der Waals surface area contributed by atoms with Crippen LogP contribution in [0.5, 0.6) is 5.75 Å². The minimum Gasteiger partial charge on any atom is -0.496 e. The summed E-state index contributed by atoms with van der Waals surface area (Å²) in [6.07, 6.45) is -4.04. The molecular weight excluding hydrogens is 233 g/mol. The van der Waals surface area contributed by atoms with Crippen molar-refractivity contribution >= 4 is 5.78 Å². The number of ketones is 1. The molecule has 1 aromatic carbocycles. The van der Waals surface area contributed by atoms with E-state index in [1.807, 2.05) is 0 Å². The molecule has 0 aliphatic rings. The lowest BCUT2D eigenvalue weighted by Crippen LogP contribution is -2.10. The lowest BCUT2D eigenvalue weighted by Gasteiger charge is -2.15. The molecule has 0 atom stereocenters. The number of carbonyl (C=O) groups is 1. The zero-order chi connectivity index (χ0) is 13.2. The molecule has 5 heteroatoms. The summed E-state index contributed by atoms with van der Waals surface area (Å²) in [5, 5.41) is 0. The van der Waals surface area contributed by atoms with Gasteiger partial charge in [0.2, 0.25) is 0 Å². The molecule has 0 amide bonds. The number of ether oxygens (including phenoxy) is 1. The highest BCUT2D eigenvalue weighted by atomic mass is 19.4. The van der Waals surface area contributed by atoms with Gasteiger partial charge in [0.1, 0.15) is 5.75 Å². The van der Waals surface area contributed by atoms with Gasteiger partial charge in [-0.25, -0.2) is 0 Å². The second-order valence-corrected chi connectivity index (χ2v) is 3.61. The Morgan fingerprint density at radius 3 is 2.29 bits per heavy atom. The molecule has 94 valence electrons. The number of hydrogen-bond acceptors (Lipinski definition) is 2. The van der Waals surface area contributed by atoms with Crippen LogP contribution in [0.25, 0.3) is 0 Å². The van der Waals surface area contributed by atoms with Crippen LogP contribution < -0.4 is 4.74 Å². The topological polar surface area (TPSA) is 26.3 Å². The van der Waals surface area contributed by atoms with Crippen molar-refractivity contribution in [3.63, 3.8) is 0 Å². The summed E-state index contributed by atoms with van der Waals surface area (Å²) in [5.41, 5.74) is -0.288. The first-order valence-electron chi connectivity index (χ1n) is 5.10. The fraction of sp³-hybridized carbons (Fsp3) is 0.417. The Balaban J connectivity index is 3.51. The molecule has 17 heavy (non-hydrogen) atoms. The number of halogens is 3. The molecule has 0 bridgehead atoms. The molecule has 0 aliphatic carbocycles. The third kappa shape index (κ3) is 2.78. The lowest BCUT2D eigenvalue weighted by atomic mass is 9.98. The summed E-state index contributed by atoms with van der Waals surface area (Å²) in [6, 6.07) is 1.80. The minimum atomic E-state index is -4.48. The number of carbonyl (C=O) groups excluding carboxylic acids is 1. The standard InChI is InChI=1S/C12H13F3O2/c1-4-9-10(7(2)16)5-8(12(13,14)15)6-11(9)17-3/h5-6H,4H2,1-3H3.